The van der Waals surface area contributed by atoms with E-state index in [-0.39, 0.29) is 0 Å². The highest BCUT2D eigenvalue weighted by Crippen LogP contribution is 2.10. The minimum absolute atomic E-state index is 0.496. The van der Waals surface area contributed by atoms with Crippen LogP contribution in [0.25, 0.3) is 0 Å². The van der Waals surface area contributed by atoms with Crippen LogP contribution in [0.15, 0.2) is 35.3 Å². The highest BCUT2D eigenvalue weighted by molar-refractivity contribution is 5.79. The van der Waals surface area contributed by atoms with Gasteiger partial charge in [-0.25, -0.2) is 0 Å². The fourth-order valence-electron chi connectivity index (χ4n) is 1.79. The van der Waals surface area contributed by atoms with E-state index in [1.165, 1.54) is 5.69 Å². The molecule has 0 aliphatic carbocycles. The zero-order valence-electron chi connectivity index (χ0n) is 12.4. The summed E-state index contributed by atoms with van der Waals surface area (Å²) in [6, 6.07) is 10.4. The van der Waals surface area contributed by atoms with Crippen molar-refractivity contribution in [1.29, 1.82) is 0 Å². The molecule has 0 fully saturated rings. The minimum atomic E-state index is 0.496. The van der Waals surface area contributed by atoms with Crippen molar-refractivity contribution >= 4 is 11.6 Å². The van der Waals surface area contributed by atoms with Crippen LogP contribution in [0.4, 0.5) is 5.69 Å². The van der Waals surface area contributed by atoms with Crippen LogP contribution in [0.3, 0.4) is 0 Å². The third-order valence-corrected chi connectivity index (χ3v) is 2.82. The Morgan fingerprint density at radius 1 is 1.30 bits per heavy atom. The van der Waals surface area contributed by atoms with Crippen LogP contribution in [-0.4, -0.2) is 39.2 Å². The number of rotatable bonds is 7. The lowest BCUT2D eigenvalue weighted by atomic mass is 10.3. The third kappa shape index (κ3) is 6.14. The monoisotopic (exact) mass is 272 g/mol. The van der Waals surface area contributed by atoms with Gasteiger partial charge in [-0.2, -0.15) is 0 Å². The van der Waals surface area contributed by atoms with Crippen molar-refractivity contribution in [3.8, 4) is 12.3 Å². The van der Waals surface area contributed by atoms with Crippen LogP contribution in [-0.2, 0) is 0 Å². The zero-order chi connectivity index (χ0) is 14.6. The van der Waals surface area contributed by atoms with E-state index in [1.807, 2.05) is 13.0 Å². The summed E-state index contributed by atoms with van der Waals surface area (Å²) in [6.07, 6.45) is 6.23. The number of nitrogens with zero attached hydrogens (tertiary/aromatic N) is 2. The van der Waals surface area contributed by atoms with Gasteiger partial charge in [0.2, 0.25) is 0 Å². The Hall–Kier alpha value is -2.15. The van der Waals surface area contributed by atoms with Crippen LogP contribution in [0.2, 0.25) is 0 Å². The van der Waals surface area contributed by atoms with Gasteiger partial charge in [0.1, 0.15) is 0 Å². The molecule has 0 saturated heterocycles. The number of benzene rings is 1. The summed E-state index contributed by atoms with van der Waals surface area (Å²) >= 11 is 0. The first kappa shape index (κ1) is 15.9. The molecule has 0 spiro atoms. The van der Waals surface area contributed by atoms with E-state index >= 15 is 0 Å². The van der Waals surface area contributed by atoms with Gasteiger partial charge < -0.3 is 15.5 Å². The molecule has 0 aliphatic heterocycles. The van der Waals surface area contributed by atoms with Crippen molar-refractivity contribution in [2.75, 3.05) is 38.1 Å². The van der Waals surface area contributed by atoms with Gasteiger partial charge in [0.15, 0.2) is 5.96 Å². The van der Waals surface area contributed by atoms with Gasteiger partial charge in [0.05, 0.1) is 6.54 Å². The number of aliphatic imine (C=N–C) groups is 1. The maximum atomic E-state index is 5.23. The van der Waals surface area contributed by atoms with Crippen molar-refractivity contribution in [2.45, 2.75) is 13.3 Å². The maximum absolute atomic E-state index is 5.23. The summed E-state index contributed by atoms with van der Waals surface area (Å²) in [5.41, 5.74) is 1.23. The van der Waals surface area contributed by atoms with Crippen molar-refractivity contribution < 1.29 is 0 Å². The van der Waals surface area contributed by atoms with Gasteiger partial charge >= 0.3 is 0 Å². The Bertz CT molecular complexity index is 434. The Labute approximate surface area is 122 Å². The number of para-hydroxylation sites is 1. The minimum Gasteiger partial charge on any atom is -0.375 e. The molecule has 0 saturated carbocycles. The highest BCUT2D eigenvalue weighted by atomic mass is 15.2. The van der Waals surface area contributed by atoms with Crippen LogP contribution in [0.1, 0.15) is 13.3 Å². The molecular weight excluding hydrogens is 248 g/mol. The average Bonchev–Trinajstić information content (AvgIpc) is 2.49. The molecule has 1 aromatic rings. The first-order chi connectivity index (χ1) is 9.77. The number of nitrogens with one attached hydrogen (secondary N) is 2. The number of guanidine groups is 1. The molecule has 20 heavy (non-hydrogen) atoms. The number of hydrogen-bond donors (Lipinski definition) is 2. The summed E-state index contributed by atoms with van der Waals surface area (Å²) in [4.78, 5) is 6.72. The number of terminal acetylenes is 1. The smallest absolute Gasteiger partial charge is 0.192 e. The van der Waals surface area contributed by atoms with Crippen LogP contribution in [0.5, 0.6) is 0 Å². The SMILES string of the molecule is C#CCNC(=NCCCN(C)c1ccccc1)NCC. The van der Waals surface area contributed by atoms with E-state index in [2.05, 4.69) is 57.8 Å². The molecule has 4 heteroatoms. The first-order valence-corrected chi connectivity index (χ1v) is 6.99. The lowest BCUT2D eigenvalue weighted by Crippen LogP contribution is -2.37. The summed E-state index contributed by atoms with van der Waals surface area (Å²) in [5, 5.41) is 6.25. The lowest BCUT2D eigenvalue weighted by molar-refractivity contribution is 0.780. The normalized spacial score (nSPS) is 10.8. The molecule has 1 aromatic carbocycles. The van der Waals surface area contributed by atoms with Crippen molar-refractivity contribution in [2.24, 2.45) is 4.99 Å². The van der Waals surface area contributed by atoms with E-state index in [9.17, 15) is 0 Å². The molecule has 0 amide bonds. The molecule has 0 bridgehead atoms. The van der Waals surface area contributed by atoms with Gasteiger partial charge in [-0.1, -0.05) is 24.1 Å². The second kappa shape index (κ2) is 9.74. The molecule has 1 rings (SSSR count). The van der Waals surface area contributed by atoms with Crippen molar-refractivity contribution in [1.82, 2.24) is 10.6 Å². The summed E-state index contributed by atoms with van der Waals surface area (Å²) in [7, 11) is 2.10. The van der Waals surface area contributed by atoms with Gasteiger partial charge in [-0.3, -0.25) is 4.99 Å². The molecule has 0 heterocycles. The molecule has 0 radical (unpaired) electrons. The Balaban J connectivity index is 2.33. The standard InChI is InChI=1S/C16H24N4/c1-4-12-18-16(17-5-2)19-13-9-14-20(3)15-10-7-6-8-11-15/h1,6-8,10-11H,5,9,12-14H2,2-3H3,(H2,17,18,19). The number of hydrogen-bond acceptors (Lipinski definition) is 2. The number of anilines is 1. The second-order valence-electron chi connectivity index (χ2n) is 4.43. The zero-order valence-corrected chi connectivity index (χ0v) is 12.4. The Morgan fingerprint density at radius 3 is 2.70 bits per heavy atom. The van der Waals surface area contributed by atoms with Crippen molar-refractivity contribution in [3.05, 3.63) is 30.3 Å². The predicted molar refractivity (Wildman–Crippen MR) is 87.1 cm³/mol. The average molecular weight is 272 g/mol. The third-order valence-electron chi connectivity index (χ3n) is 2.82. The van der Waals surface area contributed by atoms with Gasteiger partial charge in [0, 0.05) is 32.4 Å². The van der Waals surface area contributed by atoms with Crippen LogP contribution in [0, 0.1) is 12.3 Å². The van der Waals surface area contributed by atoms with Gasteiger partial charge in [-0.05, 0) is 25.5 Å². The molecule has 4 nitrogen and oxygen atoms in total. The molecular formula is C16H24N4. The van der Waals surface area contributed by atoms with E-state index in [1.54, 1.807) is 0 Å². The molecule has 108 valence electrons. The van der Waals surface area contributed by atoms with E-state index in [0.717, 1.165) is 32.0 Å². The maximum Gasteiger partial charge on any atom is 0.192 e. The van der Waals surface area contributed by atoms with Crippen LogP contribution >= 0.6 is 0 Å². The Kier molecular flexibility index (Phi) is 7.74. The van der Waals surface area contributed by atoms with E-state index in [0.29, 0.717) is 6.54 Å². The summed E-state index contributed by atoms with van der Waals surface area (Å²) in [5.74, 6) is 3.33. The van der Waals surface area contributed by atoms with Crippen molar-refractivity contribution in [3.63, 3.8) is 0 Å². The predicted octanol–water partition coefficient (Wildman–Crippen LogP) is 1.70. The first-order valence-electron chi connectivity index (χ1n) is 6.99. The van der Waals surface area contributed by atoms with Gasteiger partial charge in [-0.15, -0.1) is 6.42 Å². The molecule has 0 aliphatic rings. The van der Waals surface area contributed by atoms with Gasteiger partial charge in [0.25, 0.3) is 0 Å². The summed E-state index contributed by atoms with van der Waals surface area (Å²) < 4.78 is 0. The lowest BCUT2D eigenvalue weighted by Gasteiger charge is -2.18. The highest BCUT2D eigenvalue weighted by Gasteiger charge is 1.99. The molecule has 0 unspecified atom stereocenters. The molecule has 0 aromatic heterocycles. The topological polar surface area (TPSA) is 39.7 Å². The summed E-state index contributed by atoms with van der Waals surface area (Å²) in [6.45, 7) is 5.12. The van der Waals surface area contributed by atoms with E-state index in [4.69, 9.17) is 6.42 Å². The Morgan fingerprint density at radius 2 is 2.05 bits per heavy atom. The fourth-order valence-corrected chi connectivity index (χ4v) is 1.79. The fraction of sp³-hybridized carbons (Fsp3) is 0.438. The van der Waals surface area contributed by atoms with Crippen LogP contribution < -0.4 is 15.5 Å². The molecule has 0 atom stereocenters. The second-order valence-corrected chi connectivity index (χ2v) is 4.43. The molecule has 2 N–H and O–H groups in total. The van der Waals surface area contributed by atoms with E-state index < -0.39 is 0 Å². The quantitative estimate of drug-likeness (QED) is 0.343. The largest absolute Gasteiger partial charge is 0.375 e.